The minimum Gasteiger partial charge on any atom is -0.339 e. The minimum atomic E-state index is -0.654. The van der Waals surface area contributed by atoms with Crippen molar-refractivity contribution < 1.29 is 9.59 Å². The molecule has 174 valence electrons. The van der Waals surface area contributed by atoms with Crippen LogP contribution in [0, 0.1) is 18.8 Å². The molecule has 2 amide bonds. The summed E-state index contributed by atoms with van der Waals surface area (Å²) < 4.78 is 3.22. The first-order valence-electron chi connectivity index (χ1n) is 11.2. The molecule has 10 nitrogen and oxygen atoms in total. The molecule has 10 heteroatoms. The van der Waals surface area contributed by atoms with Gasteiger partial charge in [0, 0.05) is 20.3 Å². The van der Waals surface area contributed by atoms with Crippen molar-refractivity contribution in [1.82, 2.24) is 34.8 Å². The lowest BCUT2D eigenvalue weighted by Gasteiger charge is -2.32. The smallest absolute Gasteiger partial charge is 0.270 e. The molecule has 1 unspecified atom stereocenters. The third kappa shape index (κ3) is 4.94. The molecule has 3 aromatic rings. The number of carbonyl (C=O) groups is 2. The van der Waals surface area contributed by atoms with Crippen molar-refractivity contribution in [2.24, 2.45) is 25.9 Å². The number of carbonyl (C=O) groups excluding carboxylic acids is 2. The van der Waals surface area contributed by atoms with Gasteiger partial charge in [0.05, 0.1) is 24.3 Å². The highest BCUT2D eigenvalue weighted by Crippen LogP contribution is 2.31. The van der Waals surface area contributed by atoms with Crippen molar-refractivity contribution in [3.63, 3.8) is 0 Å². The molecule has 1 fully saturated rings. The van der Waals surface area contributed by atoms with Gasteiger partial charge in [-0.3, -0.25) is 19.0 Å². The fourth-order valence-corrected chi connectivity index (χ4v) is 4.43. The highest BCUT2D eigenvalue weighted by Gasteiger charge is 2.33. The van der Waals surface area contributed by atoms with Crippen LogP contribution in [0.2, 0.25) is 0 Å². The van der Waals surface area contributed by atoms with Crippen molar-refractivity contribution in [2.75, 3.05) is 5.32 Å². The highest BCUT2D eigenvalue weighted by atomic mass is 16.2. The predicted octanol–water partition coefficient (Wildman–Crippen LogP) is 2.48. The number of nitrogens with one attached hydrogen (secondary N) is 2. The van der Waals surface area contributed by atoms with Gasteiger partial charge in [-0.15, -0.1) is 0 Å². The molecule has 0 aromatic carbocycles. The number of amides is 2. The van der Waals surface area contributed by atoms with Crippen LogP contribution in [0.3, 0.4) is 0 Å². The molecular formula is C23H30N8O2. The van der Waals surface area contributed by atoms with Crippen LogP contribution in [-0.4, -0.2) is 47.4 Å². The second-order valence-corrected chi connectivity index (χ2v) is 8.90. The van der Waals surface area contributed by atoms with Crippen LogP contribution in [0.15, 0.2) is 30.9 Å². The fraction of sp³-hybridized carbons (Fsp3) is 0.478. The summed E-state index contributed by atoms with van der Waals surface area (Å²) >= 11 is 0. The van der Waals surface area contributed by atoms with E-state index < -0.39 is 6.04 Å². The zero-order valence-electron chi connectivity index (χ0n) is 19.4. The first-order chi connectivity index (χ1) is 15.8. The van der Waals surface area contributed by atoms with Crippen LogP contribution in [0.5, 0.6) is 0 Å². The third-order valence-electron chi connectivity index (χ3n) is 6.41. The topological polar surface area (TPSA) is 120 Å². The van der Waals surface area contributed by atoms with E-state index in [1.54, 1.807) is 42.6 Å². The summed E-state index contributed by atoms with van der Waals surface area (Å²) in [5.74, 6) is 0.655. The number of aryl methyl sites for hydroxylation is 3. The quantitative estimate of drug-likeness (QED) is 0.595. The fourth-order valence-electron chi connectivity index (χ4n) is 4.43. The Labute approximate surface area is 192 Å². The summed E-state index contributed by atoms with van der Waals surface area (Å²) in [7, 11) is 3.54. The van der Waals surface area contributed by atoms with Gasteiger partial charge in [-0.2, -0.15) is 10.2 Å². The van der Waals surface area contributed by atoms with Gasteiger partial charge >= 0.3 is 0 Å². The second kappa shape index (κ2) is 9.51. The molecule has 3 aromatic heterocycles. The Bertz CT molecular complexity index is 1110. The first-order valence-corrected chi connectivity index (χ1v) is 11.2. The number of aromatic nitrogens is 6. The Morgan fingerprint density at radius 1 is 1.03 bits per heavy atom. The molecule has 1 aliphatic carbocycles. The Kier molecular flexibility index (Phi) is 6.52. The van der Waals surface area contributed by atoms with Crippen molar-refractivity contribution in [2.45, 2.75) is 45.6 Å². The van der Waals surface area contributed by atoms with Crippen LogP contribution in [0.1, 0.15) is 48.7 Å². The van der Waals surface area contributed by atoms with E-state index in [1.165, 1.54) is 4.68 Å². The second-order valence-electron chi connectivity index (χ2n) is 8.90. The van der Waals surface area contributed by atoms with Gasteiger partial charge in [-0.1, -0.05) is 19.8 Å². The van der Waals surface area contributed by atoms with Crippen LogP contribution in [-0.2, 0) is 18.9 Å². The molecule has 0 radical (unpaired) electrons. The molecule has 0 saturated heterocycles. The largest absolute Gasteiger partial charge is 0.339 e. The maximum atomic E-state index is 13.3. The molecule has 3 heterocycles. The first kappa shape index (κ1) is 22.6. The zero-order chi connectivity index (χ0) is 23.5. The van der Waals surface area contributed by atoms with Gasteiger partial charge in [0.25, 0.3) is 5.91 Å². The number of anilines is 1. The van der Waals surface area contributed by atoms with Crippen molar-refractivity contribution in [3.8, 4) is 11.5 Å². The van der Waals surface area contributed by atoms with Gasteiger partial charge in [0.15, 0.2) is 5.82 Å². The van der Waals surface area contributed by atoms with Gasteiger partial charge in [0.1, 0.15) is 17.4 Å². The summed E-state index contributed by atoms with van der Waals surface area (Å²) in [6.07, 6.45) is 10.3. The SMILES string of the molecule is Cc1cnn(C)c1-c1ncc(NC(=O)C(NC(=O)c2ccnn2C)C2CCC(C)CC2)cn1. The standard InChI is InChI=1S/C23H30N8O2/c1-14-5-7-16(8-6-14)19(29-22(32)18-9-10-26-30(18)3)23(33)28-17-12-24-21(25-13-17)20-15(2)11-27-31(20)4/h9-14,16,19H,5-8H2,1-4H3,(H,28,33)(H,29,32). The molecule has 2 N–H and O–H groups in total. The van der Waals surface area contributed by atoms with Gasteiger partial charge in [-0.05, 0) is 43.2 Å². The molecule has 0 spiro atoms. The van der Waals surface area contributed by atoms with Crippen molar-refractivity contribution in [3.05, 3.63) is 42.1 Å². The monoisotopic (exact) mass is 450 g/mol. The van der Waals surface area contributed by atoms with Crippen LogP contribution in [0.25, 0.3) is 11.5 Å². The Morgan fingerprint density at radius 3 is 2.30 bits per heavy atom. The summed E-state index contributed by atoms with van der Waals surface area (Å²) in [6, 6.07) is 0.985. The van der Waals surface area contributed by atoms with Gasteiger partial charge in [-0.25, -0.2) is 9.97 Å². The number of nitrogens with zero attached hydrogens (tertiary/aromatic N) is 6. The molecule has 0 bridgehead atoms. The number of hydrogen-bond donors (Lipinski definition) is 2. The van der Waals surface area contributed by atoms with Crippen LogP contribution < -0.4 is 10.6 Å². The van der Waals surface area contributed by atoms with Gasteiger partial charge < -0.3 is 10.6 Å². The van der Waals surface area contributed by atoms with E-state index in [9.17, 15) is 9.59 Å². The summed E-state index contributed by atoms with van der Waals surface area (Å²) in [5, 5.41) is 14.1. The van der Waals surface area contributed by atoms with Crippen molar-refractivity contribution >= 4 is 17.5 Å². The number of hydrogen-bond acceptors (Lipinski definition) is 6. The average Bonchev–Trinajstić information content (AvgIpc) is 3.38. The summed E-state index contributed by atoms with van der Waals surface area (Å²) in [4.78, 5) is 35.0. The van der Waals surface area contributed by atoms with Crippen LogP contribution in [0.4, 0.5) is 5.69 Å². The average molecular weight is 451 g/mol. The summed E-state index contributed by atoms with van der Waals surface area (Å²) in [6.45, 7) is 4.17. The maximum Gasteiger partial charge on any atom is 0.270 e. The molecule has 0 aliphatic heterocycles. The van der Waals surface area contributed by atoms with Gasteiger partial charge in [0.2, 0.25) is 5.91 Å². The summed E-state index contributed by atoms with van der Waals surface area (Å²) in [5.41, 5.74) is 2.69. The van der Waals surface area contributed by atoms with E-state index in [1.807, 2.05) is 14.0 Å². The normalized spacial score (nSPS) is 19.2. The maximum absolute atomic E-state index is 13.3. The molecule has 33 heavy (non-hydrogen) atoms. The van der Waals surface area contributed by atoms with E-state index in [0.717, 1.165) is 36.9 Å². The number of rotatable bonds is 6. The Hall–Kier alpha value is -3.56. The molecule has 1 atom stereocenters. The van der Waals surface area contributed by atoms with E-state index in [4.69, 9.17) is 0 Å². The van der Waals surface area contributed by atoms with E-state index >= 15 is 0 Å². The lowest BCUT2D eigenvalue weighted by atomic mass is 9.79. The minimum absolute atomic E-state index is 0.0654. The Balaban J connectivity index is 1.51. The molecule has 4 rings (SSSR count). The van der Waals surface area contributed by atoms with E-state index in [-0.39, 0.29) is 17.7 Å². The predicted molar refractivity (Wildman–Crippen MR) is 123 cm³/mol. The third-order valence-corrected chi connectivity index (χ3v) is 6.41. The Morgan fingerprint density at radius 2 is 1.73 bits per heavy atom. The highest BCUT2D eigenvalue weighted by molar-refractivity contribution is 6.00. The zero-order valence-corrected chi connectivity index (χ0v) is 19.4. The van der Waals surface area contributed by atoms with Crippen molar-refractivity contribution in [1.29, 1.82) is 0 Å². The lowest BCUT2D eigenvalue weighted by Crippen LogP contribution is -2.49. The molecular weight excluding hydrogens is 420 g/mol. The molecule has 1 aliphatic rings. The van der Waals surface area contributed by atoms with E-state index in [0.29, 0.717) is 23.1 Å². The molecule has 1 saturated carbocycles. The van der Waals surface area contributed by atoms with E-state index in [2.05, 4.69) is 37.7 Å². The van der Waals surface area contributed by atoms with Crippen LogP contribution >= 0.6 is 0 Å². The lowest BCUT2D eigenvalue weighted by molar-refractivity contribution is -0.119.